The van der Waals surface area contributed by atoms with Crippen molar-refractivity contribution in [3.63, 3.8) is 0 Å². The molecule has 2 heteroatoms. The molecule has 1 unspecified atom stereocenters. The fourth-order valence-electron chi connectivity index (χ4n) is 2.47. The molecule has 88 valence electrons. The van der Waals surface area contributed by atoms with Crippen molar-refractivity contribution in [3.8, 4) is 5.75 Å². The third-order valence-electron chi connectivity index (χ3n) is 3.18. The molecule has 3 rings (SSSR count). The van der Waals surface area contributed by atoms with E-state index in [1.54, 1.807) is 0 Å². The molecule has 0 aromatic heterocycles. The summed E-state index contributed by atoms with van der Waals surface area (Å²) in [6.45, 7) is 6.01. The highest BCUT2D eigenvalue weighted by Crippen LogP contribution is 2.36. The van der Waals surface area contributed by atoms with E-state index < -0.39 is 0 Å². The first-order chi connectivity index (χ1) is 7.95. The molecule has 2 heterocycles. The van der Waals surface area contributed by atoms with Gasteiger partial charge in [0.15, 0.2) is 0 Å². The summed E-state index contributed by atoms with van der Waals surface area (Å²) in [5, 5.41) is 3.52. The number of para-hydroxylation sites is 1. The van der Waals surface area contributed by atoms with Gasteiger partial charge in [0.1, 0.15) is 5.75 Å². The lowest BCUT2D eigenvalue weighted by molar-refractivity contribution is 0.350. The Morgan fingerprint density at radius 3 is 2.94 bits per heavy atom. The quantitative estimate of drug-likeness (QED) is 0.783. The van der Waals surface area contributed by atoms with Gasteiger partial charge in [-0.2, -0.15) is 0 Å². The summed E-state index contributed by atoms with van der Waals surface area (Å²) in [6, 6.07) is 7.07. The van der Waals surface area contributed by atoms with Crippen molar-refractivity contribution in [1.29, 1.82) is 0 Å². The van der Waals surface area contributed by atoms with Gasteiger partial charge in [0.25, 0.3) is 0 Å². The minimum Gasteiger partial charge on any atom is -0.493 e. The van der Waals surface area contributed by atoms with Gasteiger partial charge in [-0.05, 0) is 24.9 Å². The molecule has 2 aliphatic heterocycles. The summed E-state index contributed by atoms with van der Waals surface area (Å²) in [5.74, 6) is 1.16. The van der Waals surface area contributed by atoms with Crippen molar-refractivity contribution in [1.82, 2.24) is 5.32 Å². The monoisotopic (exact) mass is 219 g/mol. The van der Waals surface area contributed by atoms with Crippen LogP contribution in [0.4, 0.5) is 0 Å². The van der Waals surface area contributed by atoms with Crippen LogP contribution in [0.1, 0.15) is 43.9 Å². The second kappa shape index (κ2) is 5.35. The van der Waals surface area contributed by atoms with Gasteiger partial charge in [-0.25, -0.2) is 0 Å². The van der Waals surface area contributed by atoms with Gasteiger partial charge in [0.2, 0.25) is 0 Å². The summed E-state index contributed by atoms with van der Waals surface area (Å²) in [7, 11) is 0. The Morgan fingerprint density at radius 2 is 2.19 bits per heavy atom. The van der Waals surface area contributed by atoms with Crippen molar-refractivity contribution in [2.45, 2.75) is 39.2 Å². The SMILES string of the molecule is CC.c1cc2c(c(C3CCCN3)c1)OCC2. The lowest BCUT2D eigenvalue weighted by Crippen LogP contribution is -2.13. The highest BCUT2D eigenvalue weighted by atomic mass is 16.5. The molecule has 16 heavy (non-hydrogen) atoms. The van der Waals surface area contributed by atoms with Crippen LogP contribution in [0.5, 0.6) is 5.75 Å². The molecule has 2 nitrogen and oxygen atoms in total. The van der Waals surface area contributed by atoms with Crippen molar-refractivity contribution in [3.05, 3.63) is 29.3 Å². The fraction of sp³-hybridized carbons (Fsp3) is 0.571. The van der Waals surface area contributed by atoms with Crippen LogP contribution in [0, 0.1) is 0 Å². The second-order valence-electron chi connectivity index (χ2n) is 4.08. The van der Waals surface area contributed by atoms with Gasteiger partial charge in [-0.3, -0.25) is 0 Å². The molecular formula is C14H21NO. The molecule has 0 spiro atoms. The smallest absolute Gasteiger partial charge is 0.127 e. The average molecular weight is 219 g/mol. The van der Waals surface area contributed by atoms with Crippen LogP contribution in [0.2, 0.25) is 0 Å². The Labute approximate surface area is 98.0 Å². The van der Waals surface area contributed by atoms with Gasteiger partial charge in [-0.1, -0.05) is 32.0 Å². The van der Waals surface area contributed by atoms with Crippen molar-refractivity contribution >= 4 is 0 Å². The molecule has 0 radical (unpaired) electrons. The molecule has 0 amide bonds. The summed E-state index contributed by atoms with van der Waals surface area (Å²) in [4.78, 5) is 0. The summed E-state index contributed by atoms with van der Waals surface area (Å²) >= 11 is 0. The summed E-state index contributed by atoms with van der Waals surface area (Å²) < 4.78 is 5.70. The standard InChI is InChI=1S/C12H15NO.C2H6/c1-3-9-6-8-14-12(9)10(4-1)11-5-2-7-13-11;1-2/h1,3-4,11,13H,2,5-8H2;1-2H3. The maximum Gasteiger partial charge on any atom is 0.127 e. The Bertz CT molecular complexity index is 343. The molecule has 0 bridgehead atoms. The van der Waals surface area contributed by atoms with E-state index >= 15 is 0 Å². The third kappa shape index (κ3) is 2.07. The molecule has 1 aromatic carbocycles. The number of benzene rings is 1. The first-order valence-electron chi connectivity index (χ1n) is 6.43. The molecule has 1 fully saturated rings. The van der Waals surface area contributed by atoms with E-state index in [2.05, 4.69) is 23.5 Å². The zero-order valence-electron chi connectivity index (χ0n) is 10.3. The Morgan fingerprint density at radius 1 is 1.31 bits per heavy atom. The van der Waals surface area contributed by atoms with Gasteiger partial charge in [0, 0.05) is 18.0 Å². The summed E-state index contributed by atoms with van der Waals surface area (Å²) in [6.07, 6.45) is 3.62. The molecule has 1 N–H and O–H groups in total. The van der Waals surface area contributed by atoms with Crippen molar-refractivity contribution in [2.75, 3.05) is 13.2 Å². The van der Waals surface area contributed by atoms with E-state index in [4.69, 9.17) is 4.74 Å². The average Bonchev–Trinajstić information content (AvgIpc) is 3.02. The number of rotatable bonds is 1. The van der Waals surface area contributed by atoms with Gasteiger partial charge < -0.3 is 10.1 Å². The summed E-state index contributed by atoms with van der Waals surface area (Å²) in [5.41, 5.74) is 2.76. The Balaban J connectivity index is 0.000000457. The van der Waals surface area contributed by atoms with Crippen LogP contribution in [-0.4, -0.2) is 13.2 Å². The zero-order chi connectivity index (χ0) is 11.4. The number of hydrogen-bond acceptors (Lipinski definition) is 2. The molecule has 1 atom stereocenters. The number of nitrogens with one attached hydrogen (secondary N) is 1. The van der Waals surface area contributed by atoms with E-state index in [1.807, 2.05) is 13.8 Å². The molecule has 1 aromatic rings. The minimum atomic E-state index is 0.531. The van der Waals surface area contributed by atoms with Crippen LogP contribution >= 0.6 is 0 Å². The van der Waals surface area contributed by atoms with Gasteiger partial charge in [0.05, 0.1) is 6.61 Å². The minimum absolute atomic E-state index is 0.531. The maximum absolute atomic E-state index is 5.70. The Hall–Kier alpha value is -1.02. The lowest BCUT2D eigenvalue weighted by atomic mass is 10.0. The van der Waals surface area contributed by atoms with Gasteiger partial charge in [-0.15, -0.1) is 0 Å². The first-order valence-corrected chi connectivity index (χ1v) is 6.43. The second-order valence-corrected chi connectivity index (χ2v) is 4.08. The largest absolute Gasteiger partial charge is 0.493 e. The van der Waals surface area contributed by atoms with E-state index in [1.165, 1.54) is 24.0 Å². The van der Waals surface area contributed by atoms with Crippen LogP contribution in [0.25, 0.3) is 0 Å². The van der Waals surface area contributed by atoms with Crippen molar-refractivity contribution < 1.29 is 4.74 Å². The predicted molar refractivity (Wildman–Crippen MR) is 67.0 cm³/mol. The van der Waals surface area contributed by atoms with E-state index in [9.17, 15) is 0 Å². The van der Waals surface area contributed by atoms with E-state index in [-0.39, 0.29) is 0 Å². The number of hydrogen-bond donors (Lipinski definition) is 1. The normalized spacial score (nSPS) is 22.0. The van der Waals surface area contributed by atoms with Crippen LogP contribution in [-0.2, 0) is 6.42 Å². The molecule has 1 saturated heterocycles. The zero-order valence-corrected chi connectivity index (χ0v) is 10.3. The third-order valence-corrected chi connectivity index (χ3v) is 3.18. The molecule has 0 aliphatic carbocycles. The fourth-order valence-corrected chi connectivity index (χ4v) is 2.47. The van der Waals surface area contributed by atoms with Crippen LogP contribution in [0.15, 0.2) is 18.2 Å². The Kier molecular flexibility index (Phi) is 3.83. The first kappa shape index (κ1) is 11.5. The van der Waals surface area contributed by atoms with E-state index in [0.717, 1.165) is 25.3 Å². The maximum atomic E-state index is 5.70. The predicted octanol–water partition coefficient (Wildman–Crippen LogP) is 3.07. The van der Waals surface area contributed by atoms with E-state index in [0.29, 0.717) is 6.04 Å². The highest BCUT2D eigenvalue weighted by Gasteiger charge is 2.23. The lowest BCUT2D eigenvalue weighted by Gasteiger charge is -2.14. The van der Waals surface area contributed by atoms with Crippen LogP contribution < -0.4 is 10.1 Å². The topological polar surface area (TPSA) is 21.3 Å². The van der Waals surface area contributed by atoms with Crippen LogP contribution in [0.3, 0.4) is 0 Å². The van der Waals surface area contributed by atoms with Crippen molar-refractivity contribution in [2.24, 2.45) is 0 Å². The molecule has 0 saturated carbocycles. The number of ether oxygens (including phenoxy) is 1. The number of fused-ring (bicyclic) bond motifs is 1. The van der Waals surface area contributed by atoms with Gasteiger partial charge >= 0.3 is 0 Å². The highest BCUT2D eigenvalue weighted by molar-refractivity contribution is 5.45. The molecule has 2 aliphatic rings. The molecular weight excluding hydrogens is 198 g/mol.